The molecule has 12 heavy (non-hydrogen) atoms. The van der Waals surface area contributed by atoms with E-state index in [4.69, 9.17) is 4.74 Å². The Hall–Kier alpha value is -0.120. The van der Waals surface area contributed by atoms with Crippen molar-refractivity contribution < 1.29 is 4.74 Å². The van der Waals surface area contributed by atoms with Crippen LogP contribution in [0.3, 0.4) is 0 Å². The second-order valence-corrected chi connectivity index (χ2v) is 2.81. The SMILES string of the molecule is CCCCN1CCOCC1.CN. The largest absolute Gasteiger partial charge is 0.379 e. The first-order valence-electron chi connectivity index (χ1n) is 4.81. The average Bonchev–Trinajstić information content (AvgIpc) is 2.19. The Bertz CT molecular complexity index is 82.6. The van der Waals surface area contributed by atoms with Crippen molar-refractivity contribution in [1.29, 1.82) is 0 Å². The third kappa shape index (κ3) is 5.52. The topological polar surface area (TPSA) is 38.5 Å². The van der Waals surface area contributed by atoms with E-state index < -0.39 is 0 Å². The van der Waals surface area contributed by atoms with Crippen LogP contribution in [0.4, 0.5) is 0 Å². The summed E-state index contributed by atoms with van der Waals surface area (Å²) in [7, 11) is 1.50. The van der Waals surface area contributed by atoms with E-state index in [9.17, 15) is 0 Å². The number of ether oxygens (including phenoxy) is 1. The Morgan fingerprint density at radius 1 is 1.25 bits per heavy atom. The Morgan fingerprint density at radius 3 is 2.33 bits per heavy atom. The number of nitrogens with zero attached hydrogens (tertiary/aromatic N) is 1. The van der Waals surface area contributed by atoms with E-state index in [1.165, 1.54) is 26.4 Å². The second-order valence-electron chi connectivity index (χ2n) is 2.81. The highest BCUT2D eigenvalue weighted by atomic mass is 16.5. The van der Waals surface area contributed by atoms with Gasteiger partial charge >= 0.3 is 0 Å². The maximum atomic E-state index is 5.24. The van der Waals surface area contributed by atoms with Gasteiger partial charge in [-0.15, -0.1) is 0 Å². The molecular weight excluding hydrogens is 152 g/mol. The number of hydrogen-bond donors (Lipinski definition) is 1. The van der Waals surface area contributed by atoms with Crippen molar-refractivity contribution in [3.05, 3.63) is 0 Å². The second kappa shape index (κ2) is 8.97. The zero-order chi connectivity index (χ0) is 9.23. The molecule has 1 aliphatic rings. The maximum absolute atomic E-state index is 5.24. The monoisotopic (exact) mass is 174 g/mol. The van der Waals surface area contributed by atoms with Crippen LogP contribution in [0.1, 0.15) is 19.8 Å². The van der Waals surface area contributed by atoms with Gasteiger partial charge in [0.1, 0.15) is 0 Å². The molecule has 0 spiro atoms. The molecule has 1 heterocycles. The molecule has 0 aliphatic carbocycles. The first-order valence-corrected chi connectivity index (χ1v) is 4.81. The summed E-state index contributed by atoms with van der Waals surface area (Å²) in [4.78, 5) is 2.48. The molecular formula is C9H22N2O. The number of rotatable bonds is 3. The van der Waals surface area contributed by atoms with Gasteiger partial charge in [-0.05, 0) is 20.0 Å². The van der Waals surface area contributed by atoms with Gasteiger partial charge in [0.15, 0.2) is 0 Å². The van der Waals surface area contributed by atoms with E-state index >= 15 is 0 Å². The van der Waals surface area contributed by atoms with Crippen molar-refractivity contribution in [2.75, 3.05) is 39.9 Å². The predicted octanol–water partition coefficient (Wildman–Crippen LogP) is 0.694. The highest BCUT2D eigenvalue weighted by molar-refractivity contribution is 4.60. The zero-order valence-electron chi connectivity index (χ0n) is 8.38. The highest BCUT2D eigenvalue weighted by Crippen LogP contribution is 1.98. The average molecular weight is 174 g/mol. The van der Waals surface area contributed by atoms with Crippen LogP contribution in [-0.4, -0.2) is 44.8 Å². The predicted molar refractivity (Wildman–Crippen MR) is 52.3 cm³/mol. The molecule has 0 amide bonds. The first-order chi connectivity index (χ1) is 5.93. The minimum Gasteiger partial charge on any atom is -0.379 e. The highest BCUT2D eigenvalue weighted by Gasteiger charge is 2.07. The summed E-state index contributed by atoms with van der Waals surface area (Å²) in [5, 5.41) is 0. The van der Waals surface area contributed by atoms with Gasteiger partial charge in [-0.3, -0.25) is 4.90 Å². The van der Waals surface area contributed by atoms with Crippen LogP contribution in [-0.2, 0) is 4.74 Å². The van der Waals surface area contributed by atoms with Crippen molar-refractivity contribution in [1.82, 2.24) is 4.90 Å². The molecule has 3 nitrogen and oxygen atoms in total. The molecule has 0 radical (unpaired) electrons. The van der Waals surface area contributed by atoms with E-state index in [1.54, 1.807) is 0 Å². The van der Waals surface area contributed by atoms with Gasteiger partial charge in [-0.25, -0.2) is 0 Å². The third-order valence-electron chi connectivity index (χ3n) is 1.93. The Morgan fingerprint density at radius 2 is 1.83 bits per heavy atom. The Labute approximate surface area is 75.9 Å². The smallest absolute Gasteiger partial charge is 0.0594 e. The molecule has 0 unspecified atom stereocenters. The van der Waals surface area contributed by atoms with Gasteiger partial charge in [0, 0.05) is 13.1 Å². The van der Waals surface area contributed by atoms with Crippen LogP contribution in [0, 0.1) is 0 Å². The van der Waals surface area contributed by atoms with Gasteiger partial charge in [-0.2, -0.15) is 0 Å². The molecule has 0 atom stereocenters. The fraction of sp³-hybridized carbons (Fsp3) is 1.00. The fourth-order valence-corrected chi connectivity index (χ4v) is 1.21. The molecule has 0 bridgehead atoms. The van der Waals surface area contributed by atoms with Gasteiger partial charge in [0.05, 0.1) is 13.2 Å². The molecule has 1 rings (SSSR count). The number of unbranched alkanes of at least 4 members (excludes halogenated alkanes) is 1. The van der Waals surface area contributed by atoms with Gasteiger partial charge < -0.3 is 10.5 Å². The van der Waals surface area contributed by atoms with Crippen LogP contribution in [0.15, 0.2) is 0 Å². The number of nitrogens with two attached hydrogens (primary N) is 1. The molecule has 0 aromatic carbocycles. The summed E-state index contributed by atoms with van der Waals surface area (Å²) < 4.78 is 5.24. The molecule has 1 fully saturated rings. The van der Waals surface area contributed by atoms with Crippen LogP contribution in [0.5, 0.6) is 0 Å². The van der Waals surface area contributed by atoms with Gasteiger partial charge in [0.2, 0.25) is 0 Å². The van der Waals surface area contributed by atoms with Crippen LogP contribution in [0.25, 0.3) is 0 Å². The minimum atomic E-state index is 0.934. The molecule has 2 N–H and O–H groups in total. The third-order valence-corrected chi connectivity index (χ3v) is 1.93. The number of hydrogen-bond acceptors (Lipinski definition) is 3. The van der Waals surface area contributed by atoms with E-state index in [-0.39, 0.29) is 0 Å². The summed E-state index contributed by atoms with van der Waals surface area (Å²) in [6, 6.07) is 0. The molecule has 1 aliphatic heterocycles. The number of morpholine rings is 1. The van der Waals surface area contributed by atoms with E-state index in [1.807, 2.05) is 0 Å². The minimum absolute atomic E-state index is 0.934. The van der Waals surface area contributed by atoms with Crippen molar-refractivity contribution in [3.8, 4) is 0 Å². The Balaban J connectivity index is 0.000000561. The van der Waals surface area contributed by atoms with Crippen LogP contribution < -0.4 is 5.73 Å². The van der Waals surface area contributed by atoms with Crippen molar-refractivity contribution in [2.45, 2.75) is 19.8 Å². The molecule has 0 saturated carbocycles. The van der Waals surface area contributed by atoms with Crippen LogP contribution in [0.2, 0.25) is 0 Å². The quantitative estimate of drug-likeness (QED) is 0.684. The summed E-state index contributed by atoms with van der Waals surface area (Å²) >= 11 is 0. The van der Waals surface area contributed by atoms with Crippen molar-refractivity contribution >= 4 is 0 Å². The standard InChI is InChI=1S/C8H17NO.CH5N/c1-2-3-4-9-5-7-10-8-6-9;1-2/h2-8H2,1H3;2H2,1H3. The lowest BCUT2D eigenvalue weighted by Gasteiger charge is -2.26. The van der Waals surface area contributed by atoms with Crippen LogP contribution >= 0.6 is 0 Å². The van der Waals surface area contributed by atoms with E-state index in [0.717, 1.165) is 26.3 Å². The summed E-state index contributed by atoms with van der Waals surface area (Å²) in [5.74, 6) is 0. The lowest BCUT2D eigenvalue weighted by Crippen LogP contribution is -2.36. The van der Waals surface area contributed by atoms with E-state index in [0.29, 0.717) is 0 Å². The summed E-state index contributed by atoms with van der Waals surface area (Å²) in [6.45, 7) is 7.65. The van der Waals surface area contributed by atoms with E-state index in [2.05, 4.69) is 17.6 Å². The summed E-state index contributed by atoms with van der Waals surface area (Å²) in [5.41, 5.74) is 4.50. The Kier molecular flexibility index (Phi) is 8.88. The van der Waals surface area contributed by atoms with Crippen molar-refractivity contribution in [2.24, 2.45) is 5.73 Å². The van der Waals surface area contributed by atoms with Gasteiger partial charge in [0.25, 0.3) is 0 Å². The molecule has 74 valence electrons. The maximum Gasteiger partial charge on any atom is 0.0594 e. The fourth-order valence-electron chi connectivity index (χ4n) is 1.21. The molecule has 3 heteroatoms. The van der Waals surface area contributed by atoms with Crippen molar-refractivity contribution in [3.63, 3.8) is 0 Å². The molecule has 1 saturated heterocycles. The molecule has 0 aromatic rings. The summed E-state index contributed by atoms with van der Waals surface area (Å²) in [6.07, 6.45) is 2.64. The zero-order valence-corrected chi connectivity index (χ0v) is 8.38. The lowest BCUT2D eigenvalue weighted by molar-refractivity contribution is 0.0373. The van der Waals surface area contributed by atoms with Gasteiger partial charge in [-0.1, -0.05) is 13.3 Å². The normalized spacial score (nSPS) is 18.2. The first kappa shape index (κ1) is 11.9. The molecule has 0 aromatic heterocycles. The lowest BCUT2D eigenvalue weighted by atomic mass is 10.3.